The van der Waals surface area contributed by atoms with E-state index in [1.807, 2.05) is 18.7 Å². The van der Waals surface area contributed by atoms with Gasteiger partial charge < -0.3 is 14.9 Å². The van der Waals surface area contributed by atoms with Gasteiger partial charge in [-0.3, -0.25) is 19.1 Å². The lowest BCUT2D eigenvalue weighted by atomic mass is 10.0. The normalized spacial score (nSPS) is 13.4. The summed E-state index contributed by atoms with van der Waals surface area (Å²) in [7, 11) is 0. The fourth-order valence-corrected chi connectivity index (χ4v) is 6.61. The van der Waals surface area contributed by atoms with E-state index in [4.69, 9.17) is 51.4 Å². The van der Waals surface area contributed by atoms with E-state index >= 15 is 0 Å². The molecule has 14 heteroatoms. The first-order chi connectivity index (χ1) is 21.3. The number of hydrogen-bond donors (Lipinski definition) is 1. The van der Waals surface area contributed by atoms with Crippen molar-refractivity contribution >= 4 is 69.0 Å². The highest BCUT2D eigenvalue weighted by atomic mass is 35.5. The molecule has 1 aromatic carbocycles. The number of fused-ring (bicyclic) bond motifs is 1. The van der Waals surface area contributed by atoms with E-state index in [0.29, 0.717) is 48.5 Å². The standard InChI is InChI=1S/C31H25Cl4FN6O3/c1-5-19(43)40-8-10-41(11-9-40)28-16-12-18(32)26(20-21(33)24(36)23(35)29(44)22(20)34)39-30(16)42(31(45)17(28)13-37)27-15(4)6-7-38-25(27)14(2)3/h5-7,12,14,44H,1,8-11H2,2-4H3. The maximum absolute atomic E-state index is 15.0. The summed E-state index contributed by atoms with van der Waals surface area (Å²) in [5.74, 6) is -2.27. The Bertz CT molecular complexity index is 1990. The smallest absolute Gasteiger partial charge is 0.276 e. The van der Waals surface area contributed by atoms with Gasteiger partial charge in [0.05, 0.1) is 37.8 Å². The lowest BCUT2D eigenvalue weighted by Crippen LogP contribution is -2.49. The number of amides is 1. The van der Waals surface area contributed by atoms with Crippen LogP contribution in [0.15, 0.2) is 35.8 Å². The second kappa shape index (κ2) is 12.5. The number of halogens is 5. The summed E-state index contributed by atoms with van der Waals surface area (Å²) in [6.07, 6.45) is 2.86. The third kappa shape index (κ3) is 5.38. The minimum absolute atomic E-state index is 0.0537. The number of hydrogen-bond acceptors (Lipinski definition) is 7. The molecule has 1 saturated heterocycles. The van der Waals surface area contributed by atoms with E-state index in [0.717, 1.165) is 0 Å². The van der Waals surface area contributed by atoms with E-state index in [9.17, 15) is 24.3 Å². The summed E-state index contributed by atoms with van der Waals surface area (Å²) in [6.45, 7) is 10.4. The zero-order chi connectivity index (χ0) is 32.9. The Balaban J connectivity index is 1.93. The number of carbonyl (C=O) groups excluding carboxylic acids is 1. The van der Waals surface area contributed by atoms with Crippen LogP contribution < -0.4 is 10.5 Å². The zero-order valence-electron chi connectivity index (χ0n) is 24.3. The number of aromatic hydroxyl groups is 1. The number of aromatic nitrogens is 3. The Kier molecular flexibility index (Phi) is 9.02. The summed E-state index contributed by atoms with van der Waals surface area (Å²) in [4.78, 5) is 39.4. The fourth-order valence-electron chi connectivity index (χ4n) is 5.47. The van der Waals surface area contributed by atoms with Crippen molar-refractivity contribution < 1.29 is 14.3 Å². The van der Waals surface area contributed by atoms with Crippen LogP contribution >= 0.6 is 46.4 Å². The summed E-state index contributed by atoms with van der Waals surface area (Å²) in [5, 5.41) is 19.5. The van der Waals surface area contributed by atoms with Crippen molar-refractivity contribution in [1.82, 2.24) is 19.4 Å². The van der Waals surface area contributed by atoms with Crippen molar-refractivity contribution in [3.05, 3.63) is 84.1 Å². The van der Waals surface area contributed by atoms with Crippen LogP contribution in [0, 0.1) is 24.1 Å². The molecule has 0 radical (unpaired) electrons. The minimum atomic E-state index is -1.14. The van der Waals surface area contributed by atoms with E-state index in [1.54, 1.807) is 24.1 Å². The molecule has 4 heterocycles. The van der Waals surface area contributed by atoms with Crippen molar-refractivity contribution in [3.8, 4) is 28.8 Å². The van der Waals surface area contributed by atoms with Crippen molar-refractivity contribution in [2.75, 3.05) is 31.1 Å². The first-order valence-corrected chi connectivity index (χ1v) is 15.2. The Hall–Kier alpha value is -3.88. The third-order valence-corrected chi connectivity index (χ3v) is 9.03. The Morgan fingerprint density at radius 1 is 1.13 bits per heavy atom. The van der Waals surface area contributed by atoms with Crippen LogP contribution in [0.1, 0.15) is 36.6 Å². The summed E-state index contributed by atoms with van der Waals surface area (Å²) in [6, 6.07) is 5.30. The molecule has 0 atom stereocenters. The Morgan fingerprint density at radius 3 is 2.40 bits per heavy atom. The first-order valence-electron chi connectivity index (χ1n) is 13.7. The van der Waals surface area contributed by atoms with Gasteiger partial charge in [-0.15, -0.1) is 0 Å². The van der Waals surface area contributed by atoms with Crippen molar-refractivity contribution in [3.63, 3.8) is 0 Å². The topological polar surface area (TPSA) is 115 Å². The van der Waals surface area contributed by atoms with Gasteiger partial charge in [-0.1, -0.05) is 66.8 Å². The lowest BCUT2D eigenvalue weighted by molar-refractivity contribution is -0.126. The van der Waals surface area contributed by atoms with E-state index < -0.39 is 32.2 Å². The number of aryl methyl sites for hydroxylation is 1. The maximum Gasteiger partial charge on any atom is 0.276 e. The molecule has 1 N–H and O–H groups in total. The molecule has 3 aromatic heterocycles. The first kappa shape index (κ1) is 32.5. The van der Waals surface area contributed by atoms with Gasteiger partial charge in [-0.05, 0) is 36.6 Å². The molecule has 9 nitrogen and oxygen atoms in total. The Labute approximate surface area is 277 Å². The Morgan fingerprint density at radius 2 is 1.80 bits per heavy atom. The number of phenolic OH excluding ortho intramolecular Hbond substituents is 1. The van der Waals surface area contributed by atoms with Gasteiger partial charge in [-0.2, -0.15) is 5.26 Å². The second-order valence-electron chi connectivity index (χ2n) is 10.7. The van der Waals surface area contributed by atoms with Gasteiger partial charge in [0.25, 0.3) is 5.56 Å². The van der Waals surface area contributed by atoms with Gasteiger partial charge in [0.2, 0.25) is 5.91 Å². The summed E-state index contributed by atoms with van der Waals surface area (Å²) in [5.41, 5.74) is 0.766. The highest BCUT2D eigenvalue weighted by Gasteiger charge is 2.31. The molecule has 4 aromatic rings. The van der Waals surface area contributed by atoms with Crippen molar-refractivity contribution in [2.45, 2.75) is 26.7 Å². The van der Waals surface area contributed by atoms with E-state index in [2.05, 4.69) is 17.6 Å². The SMILES string of the molecule is C=CC(=O)N1CCN(c2c(C#N)c(=O)n(-c3c(C)ccnc3C(C)C)c3nc(-c4c(Cl)c(O)c(Cl)c(F)c4Cl)c(Cl)cc23)CC1. The molecule has 45 heavy (non-hydrogen) atoms. The quantitative estimate of drug-likeness (QED) is 0.136. The number of anilines is 1. The summed E-state index contributed by atoms with van der Waals surface area (Å²) >= 11 is 25.4. The predicted octanol–water partition coefficient (Wildman–Crippen LogP) is 7.04. The van der Waals surface area contributed by atoms with Gasteiger partial charge in [0.1, 0.15) is 22.3 Å². The number of piperazine rings is 1. The summed E-state index contributed by atoms with van der Waals surface area (Å²) < 4.78 is 16.3. The largest absolute Gasteiger partial charge is 0.505 e. The molecule has 0 unspecified atom stereocenters. The molecule has 232 valence electrons. The zero-order valence-corrected chi connectivity index (χ0v) is 27.3. The van der Waals surface area contributed by atoms with E-state index in [1.165, 1.54) is 16.7 Å². The van der Waals surface area contributed by atoms with Crippen LogP contribution in [0.25, 0.3) is 28.0 Å². The molecule has 0 spiro atoms. The van der Waals surface area contributed by atoms with Gasteiger partial charge >= 0.3 is 0 Å². The molecule has 0 bridgehead atoms. The average molecular weight is 690 g/mol. The number of nitrogens with zero attached hydrogens (tertiary/aromatic N) is 6. The number of nitriles is 1. The van der Waals surface area contributed by atoms with Gasteiger partial charge in [-0.25, -0.2) is 9.37 Å². The van der Waals surface area contributed by atoms with Crippen molar-refractivity contribution in [1.29, 1.82) is 5.26 Å². The number of carbonyl (C=O) groups is 1. The van der Waals surface area contributed by atoms with Crippen LogP contribution in [0.5, 0.6) is 5.75 Å². The number of rotatable bonds is 5. The number of phenols is 1. The molecule has 0 aliphatic carbocycles. The third-order valence-electron chi connectivity index (χ3n) is 7.67. The predicted molar refractivity (Wildman–Crippen MR) is 175 cm³/mol. The van der Waals surface area contributed by atoms with Crippen LogP contribution in [-0.4, -0.2) is 56.6 Å². The molecule has 1 aliphatic heterocycles. The van der Waals surface area contributed by atoms with Crippen LogP contribution in [0.2, 0.25) is 20.1 Å². The van der Waals surface area contributed by atoms with Crippen molar-refractivity contribution in [2.24, 2.45) is 0 Å². The monoisotopic (exact) mass is 688 g/mol. The van der Waals surface area contributed by atoms with Gasteiger partial charge in [0.15, 0.2) is 11.6 Å². The van der Waals surface area contributed by atoms with Crippen LogP contribution in [0.4, 0.5) is 10.1 Å². The molecule has 1 aliphatic rings. The maximum atomic E-state index is 15.0. The van der Waals surface area contributed by atoms with Crippen LogP contribution in [0.3, 0.4) is 0 Å². The van der Waals surface area contributed by atoms with E-state index in [-0.39, 0.29) is 45.0 Å². The second-order valence-corrected chi connectivity index (χ2v) is 12.2. The van der Waals surface area contributed by atoms with Crippen LogP contribution in [-0.2, 0) is 4.79 Å². The van der Waals surface area contributed by atoms with Gasteiger partial charge in [0, 0.05) is 43.3 Å². The highest BCUT2D eigenvalue weighted by Crippen LogP contribution is 2.48. The molecule has 5 rings (SSSR count). The molecular formula is C31H25Cl4FN6O3. The molecule has 1 fully saturated rings. The molecular weight excluding hydrogens is 665 g/mol. The highest BCUT2D eigenvalue weighted by molar-refractivity contribution is 6.44. The fraction of sp³-hybridized carbons (Fsp3) is 0.258. The lowest BCUT2D eigenvalue weighted by Gasteiger charge is -2.36. The molecule has 1 amide bonds. The molecule has 0 saturated carbocycles. The average Bonchev–Trinajstić information content (AvgIpc) is 3.02. The number of benzene rings is 1. The number of pyridine rings is 3. The minimum Gasteiger partial charge on any atom is -0.505 e.